The van der Waals surface area contributed by atoms with Crippen LogP contribution in [0.4, 0.5) is 10.5 Å². The molecule has 0 spiro atoms. The summed E-state index contributed by atoms with van der Waals surface area (Å²) in [5.74, 6) is -0.988. The fourth-order valence-corrected chi connectivity index (χ4v) is 2.38. The number of hydrogen-bond acceptors (Lipinski definition) is 4. The molecular formula is C14H15N3O3S. The third kappa shape index (κ3) is 4.28. The number of carbonyl (C=O) groups is 2. The van der Waals surface area contributed by atoms with Crippen LogP contribution in [-0.4, -0.2) is 28.6 Å². The molecule has 0 radical (unpaired) electrons. The number of aromatic carboxylic acids is 1. The highest BCUT2D eigenvalue weighted by Gasteiger charge is 2.08. The van der Waals surface area contributed by atoms with Crippen molar-refractivity contribution >= 4 is 29.0 Å². The number of carbonyl (C=O) groups excluding carboxylic acids is 1. The number of hydrogen-bond donors (Lipinski definition) is 3. The standard InChI is InChI=1S/C14H15N3O3S/c1-9-8-10(13(18)19)2-3-11(9)17-14(20)16-5-4-12-15-6-7-21-12/h2-3,6-8H,4-5H2,1H3,(H,18,19)(H2,16,17,20). The quantitative estimate of drug-likeness (QED) is 0.791. The van der Waals surface area contributed by atoms with E-state index in [1.807, 2.05) is 5.38 Å². The van der Waals surface area contributed by atoms with Gasteiger partial charge in [0.2, 0.25) is 0 Å². The fraction of sp³-hybridized carbons (Fsp3) is 0.214. The molecule has 0 unspecified atom stereocenters. The molecule has 0 aliphatic rings. The number of benzene rings is 1. The van der Waals surface area contributed by atoms with Crippen molar-refractivity contribution in [1.29, 1.82) is 0 Å². The number of urea groups is 1. The van der Waals surface area contributed by atoms with Gasteiger partial charge in [0.25, 0.3) is 0 Å². The number of nitrogens with zero attached hydrogens (tertiary/aromatic N) is 1. The van der Waals surface area contributed by atoms with E-state index in [2.05, 4.69) is 15.6 Å². The minimum atomic E-state index is -0.988. The van der Waals surface area contributed by atoms with Gasteiger partial charge in [0.15, 0.2) is 0 Å². The van der Waals surface area contributed by atoms with Crippen molar-refractivity contribution in [3.05, 3.63) is 45.9 Å². The van der Waals surface area contributed by atoms with Crippen LogP contribution in [0.1, 0.15) is 20.9 Å². The molecule has 2 rings (SSSR count). The van der Waals surface area contributed by atoms with Crippen LogP contribution in [-0.2, 0) is 6.42 Å². The van der Waals surface area contributed by atoms with Gasteiger partial charge in [-0.1, -0.05) is 0 Å². The molecule has 0 saturated heterocycles. The summed E-state index contributed by atoms with van der Waals surface area (Å²) in [6, 6.07) is 4.24. The number of anilines is 1. The van der Waals surface area contributed by atoms with Gasteiger partial charge in [0, 0.05) is 30.2 Å². The van der Waals surface area contributed by atoms with Gasteiger partial charge in [-0.25, -0.2) is 14.6 Å². The molecule has 6 nitrogen and oxygen atoms in total. The molecule has 0 bridgehead atoms. The van der Waals surface area contributed by atoms with Crippen molar-refractivity contribution in [3.8, 4) is 0 Å². The number of amides is 2. The molecule has 3 N–H and O–H groups in total. The molecular weight excluding hydrogens is 290 g/mol. The molecule has 1 heterocycles. The van der Waals surface area contributed by atoms with E-state index in [0.717, 1.165) is 5.01 Å². The Morgan fingerprint density at radius 1 is 1.38 bits per heavy atom. The van der Waals surface area contributed by atoms with Crippen molar-refractivity contribution in [1.82, 2.24) is 10.3 Å². The molecule has 0 fully saturated rings. The van der Waals surface area contributed by atoms with E-state index in [0.29, 0.717) is 24.2 Å². The van der Waals surface area contributed by atoms with Gasteiger partial charge in [0.1, 0.15) is 0 Å². The molecule has 2 aromatic rings. The maximum Gasteiger partial charge on any atom is 0.335 e. The zero-order valence-corrected chi connectivity index (χ0v) is 12.2. The Morgan fingerprint density at radius 3 is 2.81 bits per heavy atom. The summed E-state index contributed by atoms with van der Waals surface area (Å²) in [5, 5.41) is 17.2. The normalized spacial score (nSPS) is 10.1. The van der Waals surface area contributed by atoms with Crippen LogP contribution in [0.5, 0.6) is 0 Å². The lowest BCUT2D eigenvalue weighted by atomic mass is 10.1. The van der Waals surface area contributed by atoms with Gasteiger partial charge in [-0.2, -0.15) is 0 Å². The minimum absolute atomic E-state index is 0.197. The second-order valence-electron chi connectivity index (χ2n) is 4.39. The van der Waals surface area contributed by atoms with Crippen LogP contribution in [0.3, 0.4) is 0 Å². The molecule has 0 atom stereocenters. The third-order valence-electron chi connectivity index (χ3n) is 2.83. The highest BCUT2D eigenvalue weighted by Crippen LogP contribution is 2.16. The van der Waals surface area contributed by atoms with Crippen molar-refractivity contribution in [2.75, 3.05) is 11.9 Å². The monoisotopic (exact) mass is 305 g/mol. The van der Waals surface area contributed by atoms with Crippen molar-refractivity contribution < 1.29 is 14.7 Å². The summed E-state index contributed by atoms with van der Waals surface area (Å²) >= 11 is 1.55. The predicted molar refractivity (Wildman–Crippen MR) is 81.0 cm³/mol. The van der Waals surface area contributed by atoms with Crippen molar-refractivity contribution in [3.63, 3.8) is 0 Å². The summed E-state index contributed by atoms with van der Waals surface area (Å²) in [6.45, 7) is 2.24. The van der Waals surface area contributed by atoms with Gasteiger partial charge in [0.05, 0.1) is 10.6 Å². The van der Waals surface area contributed by atoms with E-state index in [4.69, 9.17) is 5.11 Å². The lowest BCUT2D eigenvalue weighted by Gasteiger charge is -2.10. The summed E-state index contributed by atoms with van der Waals surface area (Å²) in [6.07, 6.45) is 2.41. The maximum atomic E-state index is 11.8. The first-order chi connectivity index (χ1) is 10.1. The van der Waals surface area contributed by atoms with E-state index < -0.39 is 5.97 Å². The number of carboxylic acid groups (broad SMARTS) is 1. The van der Waals surface area contributed by atoms with Gasteiger partial charge < -0.3 is 15.7 Å². The topological polar surface area (TPSA) is 91.3 Å². The summed E-state index contributed by atoms with van der Waals surface area (Å²) in [7, 11) is 0. The number of carboxylic acids is 1. The van der Waals surface area contributed by atoms with E-state index in [1.165, 1.54) is 12.1 Å². The average Bonchev–Trinajstić information content (AvgIpc) is 2.94. The lowest BCUT2D eigenvalue weighted by Crippen LogP contribution is -2.30. The third-order valence-corrected chi connectivity index (χ3v) is 3.67. The smallest absolute Gasteiger partial charge is 0.335 e. The highest BCUT2D eigenvalue weighted by atomic mass is 32.1. The zero-order chi connectivity index (χ0) is 15.2. The SMILES string of the molecule is Cc1cc(C(=O)O)ccc1NC(=O)NCCc1nccs1. The molecule has 2 amide bonds. The zero-order valence-electron chi connectivity index (χ0n) is 11.4. The Kier molecular flexibility index (Phi) is 4.89. The van der Waals surface area contributed by atoms with Gasteiger partial charge >= 0.3 is 12.0 Å². The highest BCUT2D eigenvalue weighted by molar-refractivity contribution is 7.09. The van der Waals surface area contributed by atoms with E-state index in [9.17, 15) is 9.59 Å². The summed E-state index contributed by atoms with van der Waals surface area (Å²) < 4.78 is 0. The molecule has 110 valence electrons. The van der Waals surface area contributed by atoms with Gasteiger partial charge in [-0.15, -0.1) is 11.3 Å². The van der Waals surface area contributed by atoms with Gasteiger partial charge in [-0.05, 0) is 30.7 Å². The van der Waals surface area contributed by atoms with Gasteiger partial charge in [-0.3, -0.25) is 0 Å². The molecule has 21 heavy (non-hydrogen) atoms. The molecule has 1 aromatic carbocycles. The number of aromatic nitrogens is 1. The Balaban J connectivity index is 1.86. The van der Waals surface area contributed by atoms with Crippen molar-refractivity contribution in [2.45, 2.75) is 13.3 Å². The fourth-order valence-electron chi connectivity index (χ4n) is 1.76. The maximum absolute atomic E-state index is 11.8. The van der Waals surface area contributed by atoms with Crippen LogP contribution in [0.15, 0.2) is 29.8 Å². The predicted octanol–water partition coefficient (Wildman–Crippen LogP) is 2.51. The first-order valence-corrected chi connectivity index (χ1v) is 7.21. The van der Waals surface area contributed by atoms with E-state index in [-0.39, 0.29) is 11.6 Å². The first kappa shape index (κ1) is 15.0. The minimum Gasteiger partial charge on any atom is -0.478 e. The van der Waals surface area contributed by atoms with Crippen molar-refractivity contribution in [2.24, 2.45) is 0 Å². The second-order valence-corrected chi connectivity index (χ2v) is 5.37. The molecule has 0 aliphatic heterocycles. The van der Waals surface area contributed by atoms with Crippen LogP contribution in [0.25, 0.3) is 0 Å². The van der Waals surface area contributed by atoms with E-state index >= 15 is 0 Å². The summed E-state index contributed by atoms with van der Waals surface area (Å²) in [5.41, 5.74) is 1.49. The van der Waals surface area contributed by atoms with Crippen LogP contribution in [0.2, 0.25) is 0 Å². The van der Waals surface area contributed by atoms with E-state index in [1.54, 1.807) is 30.5 Å². The molecule has 0 aliphatic carbocycles. The Bertz CT molecular complexity index is 641. The van der Waals surface area contributed by atoms with Crippen LogP contribution >= 0.6 is 11.3 Å². The second kappa shape index (κ2) is 6.85. The Labute approximate surface area is 125 Å². The lowest BCUT2D eigenvalue weighted by molar-refractivity contribution is 0.0697. The largest absolute Gasteiger partial charge is 0.478 e. The first-order valence-electron chi connectivity index (χ1n) is 6.33. The molecule has 0 saturated carbocycles. The summed E-state index contributed by atoms with van der Waals surface area (Å²) in [4.78, 5) is 26.7. The van der Waals surface area contributed by atoms with Crippen LogP contribution in [0, 0.1) is 6.92 Å². The number of thiazole rings is 1. The van der Waals surface area contributed by atoms with Crippen LogP contribution < -0.4 is 10.6 Å². The number of nitrogens with one attached hydrogen (secondary N) is 2. The number of rotatable bonds is 5. The molecule has 1 aromatic heterocycles. The Hall–Kier alpha value is -2.41. The average molecular weight is 305 g/mol. The number of aryl methyl sites for hydroxylation is 1. The molecule has 7 heteroatoms. The Morgan fingerprint density at radius 2 is 2.19 bits per heavy atom.